The first-order valence-corrected chi connectivity index (χ1v) is 6.92. The van der Waals surface area contributed by atoms with Gasteiger partial charge >= 0.3 is 0 Å². The number of nitrogens with one attached hydrogen (secondary N) is 1. The molecule has 2 aromatic rings. The van der Waals surface area contributed by atoms with Crippen molar-refractivity contribution in [2.45, 2.75) is 6.92 Å². The quantitative estimate of drug-likeness (QED) is 0.789. The molecule has 0 aliphatic carbocycles. The van der Waals surface area contributed by atoms with Crippen molar-refractivity contribution in [3.05, 3.63) is 56.2 Å². The third-order valence-electron chi connectivity index (χ3n) is 2.48. The van der Waals surface area contributed by atoms with Crippen LogP contribution in [0.3, 0.4) is 0 Å². The van der Waals surface area contributed by atoms with E-state index in [2.05, 4.69) is 26.2 Å². The molecule has 6 heteroatoms. The van der Waals surface area contributed by atoms with Crippen LogP contribution in [0.5, 0.6) is 0 Å². The number of aromatic nitrogens is 1. The van der Waals surface area contributed by atoms with Crippen LogP contribution in [0.25, 0.3) is 0 Å². The van der Waals surface area contributed by atoms with E-state index in [0.717, 1.165) is 10.3 Å². The molecule has 0 radical (unpaired) electrons. The second-order valence-electron chi connectivity index (χ2n) is 3.85. The molecule has 0 bridgehead atoms. The van der Waals surface area contributed by atoms with Gasteiger partial charge in [-0.25, -0.2) is 4.98 Å². The largest absolute Gasteiger partial charge is 0.320 e. The summed E-state index contributed by atoms with van der Waals surface area (Å²) in [6, 6.07) is 8.27. The summed E-state index contributed by atoms with van der Waals surface area (Å²) in [6.07, 6.45) is 0. The van der Waals surface area contributed by atoms with Gasteiger partial charge in [0.2, 0.25) is 0 Å². The van der Waals surface area contributed by atoms with Crippen LogP contribution in [0.15, 0.2) is 34.9 Å². The SMILES string of the molecule is Cc1nc(Br)ccc1NC(=O)c1ccc(Cl)c(Cl)c1. The molecule has 1 amide bonds. The minimum Gasteiger partial charge on any atom is -0.320 e. The van der Waals surface area contributed by atoms with Crippen molar-refractivity contribution in [1.29, 1.82) is 0 Å². The van der Waals surface area contributed by atoms with Crippen molar-refractivity contribution >= 4 is 50.7 Å². The molecule has 0 saturated carbocycles. The molecule has 0 aliphatic rings. The van der Waals surface area contributed by atoms with Crippen LogP contribution in [-0.4, -0.2) is 10.9 Å². The van der Waals surface area contributed by atoms with E-state index in [1.165, 1.54) is 6.07 Å². The summed E-state index contributed by atoms with van der Waals surface area (Å²) in [5.41, 5.74) is 1.82. The van der Waals surface area contributed by atoms with Crippen molar-refractivity contribution in [3.8, 4) is 0 Å². The smallest absolute Gasteiger partial charge is 0.255 e. The Bertz CT molecular complexity index is 647. The van der Waals surface area contributed by atoms with E-state index in [-0.39, 0.29) is 5.91 Å². The number of halogens is 3. The summed E-state index contributed by atoms with van der Waals surface area (Å²) in [7, 11) is 0. The molecule has 0 spiro atoms. The number of anilines is 1. The summed E-state index contributed by atoms with van der Waals surface area (Å²) in [5.74, 6) is -0.259. The predicted molar refractivity (Wildman–Crippen MR) is 81.1 cm³/mol. The average molecular weight is 360 g/mol. The van der Waals surface area contributed by atoms with Crippen LogP contribution in [0.2, 0.25) is 10.0 Å². The van der Waals surface area contributed by atoms with Gasteiger partial charge in [0.25, 0.3) is 5.91 Å². The Balaban J connectivity index is 2.23. The maximum atomic E-state index is 12.1. The van der Waals surface area contributed by atoms with Crippen LogP contribution < -0.4 is 5.32 Å². The van der Waals surface area contributed by atoms with Crippen molar-refractivity contribution in [3.63, 3.8) is 0 Å². The molecule has 1 aromatic heterocycles. The molecule has 1 N–H and O–H groups in total. The molecule has 0 unspecified atom stereocenters. The van der Waals surface area contributed by atoms with Gasteiger partial charge in [-0.15, -0.1) is 0 Å². The number of carbonyl (C=O) groups is 1. The topological polar surface area (TPSA) is 42.0 Å². The van der Waals surface area contributed by atoms with Crippen molar-refractivity contribution in [1.82, 2.24) is 4.98 Å². The lowest BCUT2D eigenvalue weighted by Gasteiger charge is -2.08. The number of nitrogens with zero attached hydrogens (tertiary/aromatic N) is 1. The summed E-state index contributed by atoms with van der Waals surface area (Å²) < 4.78 is 0.720. The maximum Gasteiger partial charge on any atom is 0.255 e. The fourth-order valence-electron chi connectivity index (χ4n) is 1.49. The van der Waals surface area contributed by atoms with E-state index >= 15 is 0 Å². The third kappa shape index (κ3) is 3.47. The molecular weight excluding hydrogens is 351 g/mol. The summed E-state index contributed by atoms with van der Waals surface area (Å²) in [6.45, 7) is 1.81. The number of rotatable bonds is 2. The number of amides is 1. The van der Waals surface area contributed by atoms with Crippen LogP contribution >= 0.6 is 39.1 Å². The van der Waals surface area contributed by atoms with E-state index in [0.29, 0.717) is 21.3 Å². The normalized spacial score (nSPS) is 10.3. The third-order valence-corrected chi connectivity index (χ3v) is 3.66. The molecule has 1 aromatic carbocycles. The van der Waals surface area contributed by atoms with Crippen LogP contribution in [0.1, 0.15) is 16.1 Å². The lowest BCUT2D eigenvalue weighted by atomic mass is 10.2. The van der Waals surface area contributed by atoms with Crippen LogP contribution in [0, 0.1) is 6.92 Å². The second-order valence-corrected chi connectivity index (χ2v) is 5.48. The Hall–Kier alpha value is -1.10. The van der Waals surface area contributed by atoms with E-state index in [9.17, 15) is 4.79 Å². The van der Waals surface area contributed by atoms with Gasteiger partial charge in [0, 0.05) is 5.56 Å². The molecule has 0 fully saturated rings. The Morgan fingerprint density at radius 3 is 2.58 bits per heavy atom. The first kappa shape index (κ1) is 14.3. The minimum atomic E-state index is -0.259. The highest BCUT2D eigenvalue weighted by Crippen LogP contribution is 2.23. The zero-order valence-electron chi connectivity index (χ0n) is 9.88. The molecule has 19 heavy (non-hydrogen) atoms. The molecular formula is C13H9BrCl2N2O. The van der Waals surface area contributed by atoms with E-state index in [1.54, 1.807) is 24.3 Å². The Kier molecular flexibility index (Phi) is 4.45. The highest BCUT2D eigenvalue weighted by molar-refractivity contribution is 9.10. The zero-order chi connectivity index (χ0) is 14.0. The van der Waals surface area contributed by atoms with E-state index in [1.807, 2.05) is 6.92 Å². The second kappa shape index (κ2) is 5.90. The number of benzene rings is 1. The Labute approximate surface area is 129 Å². The van der Waals surface area contributed by atoms with Gasteiger partial charge in [0.1, 0.15) is 4.60 Å². The van der Waals surface area contributed by atoms with Crippen molar-refractivity contribution < 1.29 is 4.79 Å². The molecule has 3 nitrogen and oxygen atoms in total. The lowest BCUT2D eigenvalue weighted by molar-refractivity contribution is 0.102. The first-order valence-electron chi connectivity index (χ1n) is 5.37. The molecule has 0 atom stereocenters. The van der Waals surface area contributed by atoms with Crippen LogP contribution in [0.4, 0.5) is 5.69 Å². The number of carbonyl (C=O) groups excluding carboxylic acids is 1. The maximum absolute atomic E-state index is 12.1. The summed E-state index contributed by atoms with van der Waals surface area (Å²) >= 11 is 15.0. The number of aryl methyl sites for hydroxylation is 1. The zero-order valence-corrected chi connectivity index (χ0v) is 13.0. The van der Waals surface area contributed by atoms with E-state index < -0.39 is 0 Å². The van der Waals surface area contributed by atoms with Gasteiger partial charge in [-0.3, -0.25) is 4.79 Å². The van der Waals surface area contributed by atoms with Crippen molar-refractivity contribution in [2.75, 3.05) is 5.32 Å². The van der Waals surface area contributed by atoms with Crippen LogP contribution in [-0.2, 0) is 0 Å². The molecule has 1 heterocycles. The van der Waals surface area contributed by atoms with Gasteiger partial charge < -0.3 is 5.32 Å². The number of hydrogen-bond acceptors (Lipinski definition) is 2. The Morgan fingerprint density at radius 1 is 1.21 bits per heavy atom. The standard InChI is InChI=1S/C13H9BrCl2N2O/c1-7-11(4-5-12(14)17-7)18-13(19)8-2-3-9(15)10(16)6-8/h2-6H,1H3,(H,18,19). The highest BCUT2D eigenvalue weighted by Gasteiger charge is 2.10. The predicted octanol–water partition coefficient (Wildman–Crippen LogP) is 4.71. The minimum absolute atomic E-state index is 0.259. The van der Waals surface area contributed by atoms with E-state index in [4.69, 9.17) is 23.2 Å². The molecule has 0 aliphatic heterocycles. The Morgan fingerprint density at radius 2 is 1.95 bits per heavy atom. The lowest BCUT2D eigenvalue weighted by Crippen LogP contribution is -2.13. The van der Waals surface area contributed by atoms with Gasteiger partial charge in [0.05, 0.1) is 21.4 Å². The van der Waals surface area contributed by atoms with Gasteiger partial charge in [-0.1, -0.05) is 23.2 Å². The molecule has 0 saturated heterocycles. The van der Waals surface area contributed by atoms with Gasteiger partial charge in [-0.2, -0.15) is 0 Å². The fraction of sp³-hybridized carbons (Fsp3) is 0.0769. The summed E-state index contributed by atoms with van der Waals surface area (Å²) in [5, 5.41) is 3.54. The number of pyridine rings is 1. The van der Waals surface area contributed by atoms with Gasteiger partial charge in [-0.05, 0) is 53.2 Å². The molecule has 2 rings (SSSR count). The first-order chi connectivity index (χ1) is 8.97. The highest BCUT2D eigenvalue weighted by atomic mass is 79.9. The average Bonchev–Trinajstić information content (AvgIpc) is 2.36. The number of hydrogen-bond donors (Lipinski definition) is 1. The van der Waals surface area contributed by atoms with Crippen molar-refractivity contribution in [2.24, 2.45) is 0 Å². The molecule has 98 valence electrons. The monoisotopic (exact) mass is 358 g/mol. The van der Waals surface area contributed by atoms with Gasteiger partial charge in [0.15, 0.2) is 0 Å². The fourth-order valence-corrected chi connectivity index (χ4v) is 2.19. The summed E-state index contributed by atoms with van der Waals surface area (Å²) in [4.78, 5) is 16.3.